The summed E-state index contributed by atoms with van der Waals surface area (Å²) in [6.07, 6.45) is 0. The van der Waals surface area contributed by atoms with E-state index in [-0.39, 0.29) is 0 Å². The SMILES string of the molecule is Cc1cc(Cl)nn1-c1ccccc1Cl. The second kappa shape index (κ2) is 3.64. The normalized spacial score (nSPS) is 10.5. The number of nitrogens with zero attached hydrogens (tertiary/aromatic N) is 2. The molecule has 2 rings (SSSR count). The van der Waals surface area contributed by atoms with Gasteiger partial charge in [0.2, 0.25) is 0 Å². The van der Waals surface area contributed by atoms with Crippen LogP contribution in [0.15, 0.2) is 30.3 Å². The molecule has 0 saturated heterocycles. The molecule has 72 valence electrons. The molecule has 0 fully saturated rings. The Morgan fingerprint density at radius 3 is 2.50 bits per heavy atom. The Hall–Kier alpha value is -0.990. The monoisotopic (exact) mass is 226 g/mol. The largest absolute Gasteiger partial charge is 0.235 e. The zero-order valence-corrected chi connectivity index (χ0v) is 9.05. The Morgan fingerprint density at radius 2 is 1.93 bits per heavy atom. The molecule has 0 N–H and O–H groups in total. The topological polar surface area (TPSA) is 17.8 Å². The van der Waals surface area contributed by atoms with Crippen LogP contribution in [0.2, 0.25) is 10.2 Å². The van der Waals surface area contributed by atoms with Crippen LogP contribution in [0.25, 0.3) is 5.69 Å². The lowest BCUT2D eigenvalue weighted by atomic mass is 10.3. The van der Waals surface area contributed by atoms with Crippen LogP contribution in [-0.2, 0) is 0 Å². The highest BCUT2D eigenvalue weighted by atomic mass is 35.5. The first-order valence-corrected chi connectivity index (χ1v) is 4.91. The Labute approximate surface area is 92.1 Å². The van der Waals surface area contributed by atoms with Gasteiger partial charge in [-0.25, -0.2) is 4.68 Å². The Bertz CT molecular complexity index is 463. The second-order valence-corrected chi connectivity index (χ2v) is 3.77. The summed E-state index contributed by atoms with van der Waals surface area (Å²) in [6.45, 7) is 1.93. The van der Waals surface area contributed by atoms with Crippen molar-refractivity contribution in [2.75, 3.05) is 0 Å². The summed E-state index contributed by atoms with van der Waals surface area (Å²) < 4.78 is 1.73. The van der Waals surface area contributed by atoms with Gasteiger partial charge in [0.1, 0.15) is 0 Å². The molecule has 0 bridgehead atoms. The van der Waals surface area contributed by atoms with Gasteiger partial charge in [0.05, 0.1) is 10.7 Å². The molecule has 0 atom stereocenters. The number of benzene rings is 1. The number of rotatable bonds is 1. The smallest absolute Gasteiger partial charge is 0.151 e. The van der Waals surface area contributed by atoms with Crippen molar-refractivity contribution in [1.29, 1.82) is 0 Å². The molecule has 2 aromatic rings. The third-order valence-corrected chi connectivity index (χ3v) is 2.44. The molecule has 1 aromatic heterocycles. The minimum absolute atomic E-state index is 0.474. The molecule has 2 nitrogen and oxygen atoms in total. The van der Waals surface area contributed by atoms with Crippen LogP contribution in [0.5, 0.6) is 0 Å². The number of hydrogen-bond donors (Lipinski definition) is 0. The standard InChI is InChI=1S/C10H8Cl2N2/c1-7-6-10(12)13-14(7)9-5-3-2-4-8(9)11/h2-6H,1H3. The van der Waals surface area contributed by atoms with Crippen molar-refractivity contribution in [3.63, 3.8) is 0 Å². The Balaban J connectivity index is 2.60. The lowest BCUT2D eigenvalue weighted by Gasteiger charge is -2.05. The zero-order chi connectivity index (χ0) is 10.1. The van der Waals surface area contributed by atoms with Crippen LogP contribution < -0.4 is 0 Å². The summed E-state index contributed by atoms with van der Waals surface area (Å²) in [7, 11) is 0. The molecule has 0 aliphatic heterocycles. The van der Waals surface area contributed by atoms with E-state index in [0.29, 0.717) is 10.2 Å². The Kier molecular flexibility index (Phi) is 2.48. The summed E-state index contributed by atoms with van der Waals surface area (Å²) in [5.41, 5.74) is 1.81. The van der Waals surface area contributed by atoms with E-state index >= 15 is 0 Å². The van der Waals surface area contributed by atoms with Gasteiger partial charge in [-0.2, -0.15) is 5.10 Å². The fraction of sp³-hybridized carbons (Fsp3) is 0.100. The summed E-state index contributed by atoms with van der Waals surface area (Å²) in [5.74, 6) is 0. The summed E-state index contributed by atoms with van der Waals surface area (Å²) in [4.78, 5) is 0. The fourth-order valence-electron chi connectivity index (χ4n) is 1.30. The van der Waals surface area contributed by atoms with Gasteiger partial charge in [-0.3, -0.25) is 0 Å². The maximum atomic E-state index is 6.04. The molecule has 0 aliphatic carbocycles. The number of aryl methyl sites for hydroxylation is 1. The summed E-state index contributed by atoms with van der Waals surface area (Å²) in [6, 6.07) is 9.32. The van der Waals surface area contributed by atoms with E-state index in [1.54, 1.807) is 10.7 Å². The van der Waals surface area contributed by atoms with Crippen molar-refractivity contribution >= 4 is 23.2 Å². The highest BCUT2D eigenvalue weighted by molar-refractivity contribution is 6.32. The van der Waals surface area contributed by atoms with E-state index in [9.17, 15) is 0 Å². The number of aromatic nitrogens is 2. The number of para-hydroxylation sites is 1. The first-order valence-electron chi connectivity index (χ1n) is 4.15. The highest BCUT2D eigenvalue weighted by Gasteiger charge is 2.06. The molecule has 4 heteroatoms. The maximum Gasteiger partial charge on any atom is 0.151 e. The van der Waals surface area contributed by atoms with E-state index < -0.39 is 0 Å². The van der Waals surface area contributed by atoms with Gasteiger partial charge in [0.15, 0.2) is 5.15 Å². The summed E-state index contributed by atoms with van der Waals surface area (Å²) in [5, 5.41) is 5.28. The van der Waals surface area contributed by atoms with Crippen molar-refractivity contribution in [3.05, 3.63) is 46.2 Å². The molecular weight excluding hydrogens is 219 g/mol. The predicted molar refractivity (Wildman–Crippen MR) is 58.3 cm³/mol. The first kappa shape index (κ1) is 9.56. The molecule has 0 saturated carbocycles. The van der Waals surface area contributed by atoms with E-state index in [1.807, 2.05) is 31.2 Å². The summed E-state index contributed by atoms with van der Waals surface area (Å²) >= 11 is 11.8. The van der Waals surface area contributed by atoms with E-state index in [0.717, 1.165) is 11.4 Å². The van der Waals surface area contributed by atoms with Gasteiger partial charge in [0, 0.05) is 5.69 Å². The first-order chi connectivity index (χ1) is 6.68. The molecule has 1 aromatic carbocycles. The molecular formula is C10H8Cl2N2. The second-order valence-electron chi connectivity index (χ2n) is 2.97. The quantitative estimate of drug-likeness (QED) is 0.729. The van der Waals surface area contributed by atoms with E-state index in [2.05, 4.69) is 5.10 Å². The van der Waals surface area contributed by atoms with E-state index in [1.165, 1.54) is 0 Å². The van der Waals surface area contributed by atoms with Crippen LogP contribution in [0.3, 0.4) is 0 Å². The van der Waals surface area contributed by atoms with Gasteiger partial charge in [-0.15, -0.1) is 0 Å². The predicted octanol–water partition coefficient (Wildman–Crippen LogP) is 3.49. The molecule has 14 heavy (non-hydrogen) atoms. The van der Waals surface area contributed by atoms with E-state index in [4.69, 9.17) is 23.2 Å². The molecule has 0 aliphatic rings. The lowest BCUT2D eigenvalue weighted by molar-refractivity contribution is 0.848. The van der Waals surface area contributed by atoms with Crippen LogP contribution in [-0.4, -0.2) is 9.78 Å². The average molecular weight is 227 g/mol. The van der Waals surface area contributed by atoms with Gasteiger partial charge >= 0.3 is 0 Å². The van der Waals surface area contributed by atoms with Crippen LogP contribution in [0.4, 0.5) is 0 Å². The van der Waals surface area contributed by atoms with Crippen molar-refractivity contribution in [2.45, 2.75) is 6.92 Å². The minimum Gasteiger partial charge on any atom is -0.235 e. The van der Waals surface area contributed by atoms with Crippen molar-refractivity contribution in [3.8, 4) is 5.69 Å². The molecule has 0 radical (unpaired) electrons. The van der Waals surface area contributed by atoms with Crippen LogP contribution in [0, 0.1) is 6.92 Å². The highest BCUT2D eigenvalue weighted by Crippen LogP contribution is 2.22. The average Bonchev–Trinajstić information content (AvgIpc) is 2.46. The third-order valence-electron chi connectivity index (χ3n) is 1.94. The minimum atomic E-state index is 0.474. The lowest BCUT2D eigenvalue weighted by Crippen LogP contribution is -1.98. The van der Waals surface area contributed by atoms with Crippen LogP contribution >= 0.6 is 23.2 Å². The van der Waals surface area contributed by atoms with Crippen LogP contribution in [0.1, 0.15) is 5.69 Å². The molecule has 0 spiro atoms. The number of hydrogen-bond acceptors (Lipinski definition) is 1. The molecule has 0 unspecified atom stereocenters. The van der Waals surface area contributed by atoms with Crippen molar-refractivity contribution in [2.24, 2.45) is 0 Å². The third kappa shape index (κ3) is 1.63. The molecule has 0 amide bonds. The fourth-order valence-corrected chi connectivity index (χ4v) is 1.75. The van der Waals surface area contributed by atoms with Gasteiger partial charge in [-0.05, 0) is 25.1 Å². The maximum absolute atomic E-state index is 6.04. The van der Waals surface area contributed by atoms with Gasteiger partial charge in [0.25, 0.3) is 0 Å². The van der Waals surface area contributed by atoms with Gasteiger partial charge < -0.3 is 0 Å². The zero-order valence-electron chi connectivity index (χ0n) is 7.54. The van der Waals surface area contributed by atoms with Gasteiger partial charge in [-0.1, -0.05) is 35.3 Å². The number of halogens is 2. The van der Waals surface area contributed by atoms with Crippen molar-refractivity contribution < 1.29 is 0 Å². The molecule has 1 heterocycles. The Morgan fingerprint density at radius 1 is 1.21 bits per heavy atom. The van der Waals surface area contributed by atoms with Crippen molar-refractivity contribution in [1.82, 2.24) is 9.78 Å².